The molecule has 0 N–H and O–H groups in total. The first-order chi connectivity index (χ1) is 28.2. The molecule has 0 saturated carbocycles. The summed E-state index contributed by atoms with van der Waals surface area (Å²) in [5.74, 6) is 0. The summed E-state index contributed by atoms with van der Waals surface area (Å²) in [6, 6.07) is 75.7. The molecule has 2 nitrogen and oxygen atoms in total. The van der Waals surface area contributed by atoms with Crippen LogP contribution >= 0.6 is 24.0 Å². The van der Waals surface area contributed by atoms with Crippen LogP contribution in [0.1, 0.15) is 0 Å². The Balaban J connectivity index is 1.29. The molecule has 0 amide bonds. The lowest BCUT2D eigenvalue weighted by Crippen LogP contribution is -2.12. The fourth-order valence-electron chi connectivity index (χ4n) is 7.91. The van der Waals surface area contributed by atoms with Crippen LogP contribution in [0.3, 0.4) is 0 Å². The average Bonchev–Trinajstić information content (AvgIpc) is 3.71. The van der Waals surface area contributed by atoms with Crippen LogP contribution in [0.15, 0.2) is 217 Å². The second-order valence-electron chi connectivity index (χ2n) is 14.1. The summed E-state index contributed by atoms with van der Waals surface area (Å²) in [4.78, 5) is 8.56. The molecule has 1 heterocycles. The summed E-state index contributed by atoms with van der Waals surface area (Å²) in [6.45, 7) is 0. The molecular formula is C53H36N2S2. The molecule has 0 unspecified atom stereocenters. The first-order valence-corrected chi connectivity index (χ1v) is 20.4. The lowest BCUT2D eigenvalue weighted by Gasteiger charge is -2.30. The van der Waals surface area contributed by atoms with E-state index in [4.69, 9.17) is 17.6 Å². The van der Waals surface area contributed by atoms with Crippen molar-refractivity contribution in [2.45, 2.75) is 4.90 Å². The van der Waals surface area contributed by atoms with Crippen molar-refractivity contribution < 1.29 is 0 Å². The highest BCUT2D eigenvalue weighted by atomic mass is 32.1. The number of fused-ring (bicyclic) bond motifs is 2. The van der Waals surface area contributed by atoms with E-state index in [2.05, 4.69) is 217 Å². The first kappa shape index (κ1) is 34.7. The number of thiazole rings is 1. The molecule has 0 atom stereocenters. The lowest BCUT2D eigenvalue weighted by molar-refractivity contribution is 1.28. The molecule has 1 aromatic heterocycles. The van der Waals surface area contributed by atoms with E-state index in [1.807, 2.05) is 0 Å². The van der Waals surface area contributed by atoms with Gasteiger partial charge < -0.3 is 4.90 Å². The van der Waals surface area contributed by atoms with Crippen molar-refractivity contribution in [3.8, 4) is 55.1 Å². The van der Waals surface area contributed by atoms with Gasteiger partial charge in [0, 0.05) is 27.4 Å². The first-order valence-electron chi connectivity index (χ1n) is 19.1. The Morgan fingerprint density at radius 3 is 1.68 bits per heavy atom. The minimum absolute atomic E-state index is 0.870. The van der Waals surface area contributed by atoms with E-state index in [9.17, 15) is 0 Å². The van der Waals surface area contributed by atoms with Gasteiger partial charge in [0.05, 0.1) is 15.9 Å². The second-order valence-corrected chi connectivity index (χ2v) is 15.6. The number of hydrogen-bond acceptors (Lipinski definition) is 4. The smallest absolute Gasteiger partial charge is 0.124 e. The number of thiol groups is 1. The lowest BCUT2D eigenvalue weighted by atomic mass is 9.90. The number of nitrogens with zero attached hydrogens (tertiary/aromatic N) is 2. The van der Waals surface area contributed by atoms with Crippen molar-refractivity contribution in [3.63, 3.8) is 0 Å². The summed E-state index contributed by atoms with van der Waals surface area (Å²) in [5.41, 5.74) is 14.3. The van der Waals surface area contributed by atoms with Crippen molar-refractivity contribution in [2.24, 2.45) is 0 Å². The number of hydrogen-bond donors (Lipinski definition) is 1. The third-order valence-electron chi connectivity index (χ3n) is 10.6. The van der Waals surface area contributed by atoms with Crippen LogP contribution in [0.2, 0.25) is 0 Å². The zero-order valence-electron chi connectivity index (χ0n) is 31.0. The average molecular weight is 765 g/mol. The van der Waals surface area contributed by atoms with Crippen LogP contribution in [0, 0.1) is 0 Å². The Morgan fingerprint density at radius 1 is 0.421 bits per heavy atom. The van der Waals surface area contributed by atoms with Gasteiger partial charge in [-0.05, 0) is 80.0 Å². The van der Waals surface area contributed by atoms with Crippen LogP contribution in [-0.2, 0) is 0 Å². The predicted octanol–water partition coefficient (Wildman–Crippen LogP) is 15.5. The quantitative estimate of drug-likeness (QED) is 0.155. The largest absolute Gasteiger partial charge is 0.308 e. The summed E-state index contributed by atoms with van der Waals surface area (Å²) < 4.78 is 1.09. The van der Waals surface area contributed by atoms with Gasteiger partial charge in [-0.2, -0.15) is 0 Å². The fourth-order valence-corrected chi connectivity index (χ4v) is 9.36. The maximum atomic E-state index is 5.26. The number of benzene rings is 9. The Morgan fingerprint density at radius 2 is 0.982 bits per heavy atom. The van der Waals surface area contributed by atoms with Crippen molar-refractivity contribution in [3.05, 3.63) is 212 Å². The van der Waals surface area contributed by atoms with Gasteiger partial charge in [0.1, 0.15) is 5.01 Å². The molecule has 57 heavy (non-hydrogen) atoms. The molecule has 10 aromatic rings. The van der Waals surface area contributed by atoms with Gasteiger partial charge in [0.15, 0.2) is 0 Å². The van der Waals surface area contributed by atoms with Crippen LogP contribution in [0.4, 0.5) is 17.1 Å². The molecule has 0 saturated heterocycles. The summed E-state index contributed by atoms with van der Waals surface area (Å²) in [7, 11) is 0. The summed E-state index contributed by atoms with van der Waals surface area (Å²) in [5, 5.41) is 3.40. The predicted molar refractivity (Wildman–Crippen MR) is 246 cm³/mol. The fraction of sp³-hybridized carbons (Fsp3) is 0. The normalized spacial score (nSPS) is 11.2. The van der Waals surface area contributed by atoms with Crippen molar-refractivity contribution in [1.29, 1.82) is 0 Å². The molecule has 270 valence electrons. The monoisotopic (exact) mass is 764 g/mol. The van der Waals surface area contributed by atoms with E-state index >= 15 is 0 Å². The summed E-state index contributed by atoms with van der Waals surface area (Å²) in [6.07, 6.45) is 0. The third-order valence-corrected chi connectivity index (χ3v) is 12.1. The number of anilines is 3. The maximum Gasteiger partial charge on any atom is 0.124 e. The highest BCUT2D eigenvalue weighted by molar-refractivity contribution is 7.80. The Bertz CT molecular complexity index is 2990. The third kappa shape index (κ3) is 6.59. The maximum absolute atomic E-state index is 5.26. The van der Waals surface area contributed by atoms with E-state index in [0.717, 1.165) is 65.0 Å². The van der Waals surface area contributed by atoms with E-state index < -0.39 is 0 Å². The molecule has 0 radical (unpaired) electrons. The standard InChI is InChI=1S/C53H36N2S2/c56-49-35-48-52(57-53(54-48)41-23-11-4-12-24-41)51(50(49)40-21-9-3-10-22-40)55(42-30-28-37(29-31-42)36-16-5-1-6-17-36)43-32-33-45(38-18-7-2-8-19-38)47(34-43)46-27-15-25-39-20-13-14-26-44(39)46/h1-35,56H. The van der Waals surface area contributed by atoms with Gasteiger partial charge in [-0.25, -0.2) is 4.98 Å². The molecule has 0 aliphatic carbocycles. The summed E-state index contributed by atoms with van der Waals surface area (Å²) >= 11 is 6.98. The number of rotatable bonds is 8. The van der Waals surface area contributed by atoms with E-state index in [1.54, 1.807) is 11.3 Å². The van der Waals surface area contributed by atoms with E-state index in [1.165, 1.54) is 33.0 Å². The molecule has 4 heteroatoms. The molecule has 0 bridgehead atoms. The van der Waals surface area contributed by atoms with Crippen LogP contribution in [-0.4, -0.2) is 4.98 Å². The SMILES string of the molecule is Sc1cc2nc(-c3ccccc3)sc2c(N(c2ccc(-c3ccccc3)cc2)c2ccc(-c3ccccc3)c(-c3cccc4ccccc34)c2)c1-c1ccccc1. The molecule has 0 spiro atoms. The second kappa shape index (κ2) is 15.1. The Kier molecular flexibility index (Phi) is 9.19. The van der Waals surface area contributed by atoms with Gasteiger partial charge >= 0.3 is 0 Å². The zero-order valence-corrected chi connectivity index (χ0v) is 32.7. The Labute approximate surface area is 342 Å². The van der Waals surface area contributed by atoms with Crippen molar-refractivity contribution in [2.75, 3.05) is 4.90 Å². The highest BCUT2D eigenvalue weighted by Gasteiger charge is 2.26. The van der Waals surface area contributed by atoms with E-state index in [-0.39, 0.29) is 0 Å². The van der Waals surface area contributed by atoms with Gasteiger partial charge in [-0.15, -0.1) is 24.0 Å². The van der Waals surface area contributed by atoms with Crippen molar-refractivity contribution in [1.82, 2.24) is 4.98 Å². The molecule has 9 aromatic carbocycles. The van der Waals surface area contributed by atoms with Gasteiger partial charge in [0.25, 0.3) is 0 Å². The van der Waals surface area contributed by atoms with Crippen molar-refractivity contribution >= 4 is 62.0 Å². The van der Waals surface area contributed by atoms with Crippen LogP contribution in [0.25, 0.3) is 76.1 Å². The van der Waals surface area contributed by atoms with Crippen LogP contribution in [0.5, 0.6) is 0 Å². The molecular weight excluding hydrogens is 729 g/mol. The molecule has 0 fully saturated rings. The van der Waals surface area contributed by atoms with Crippen LogP contribution < -0.4 is 4.90 Å². The van der Waals surface area contributed by atoms with Gasteiger partial charge in [-0.3, -0.25) is 0 Å². The van der Waals surface area contributed by atoms with Gasteiger partial charge in [-0.1, -0.05) is 182 Å². The van der Waals surface area contributed by atoms with E-state index in [0.29, 0.717) is 0 Å². The Hall–Kier alpha value is -6.72. The minimum atomic E-state index is 0.870. The zero-order chi connectivity index (χ0) is 38.1. The molecule has 10 rings (SSSR count). The molecule has 0 aliphatic heterocycles. The highest BCUT2D eigenvalue weighted by Crippen LogP contribution is 2.51. The minimum Gasteiger partial charge on any atom is -0.308 e. The number of aromatic nitrogens is 1. The topological polar surface area (TPSA) is 16.1 Å². The molecule has 0 aliphatic rings. The van der Waals surface area contributed by atoms with Gasteiger partial charge in [0.2, 0.25) is 0 Å².